The summed E-state index contributed by atoms with van der Waals surface area (Å²) >= 11 is 15.3. The van der Waals surface area contributed by atoms with Gasteiger partial charge in [-0.25, -0.2) is 4.79 Å². The van der Waals surface area contributed by atoms with Crippen LogP contribution in [0.1, 0.15) is 11.7 Å². The summed E-state index contributed by atoms with van der Waals surface area (Å²) in [4.78, 5) is 11.4. The van der Waals surface area contributed by atoms with Crippen molar-refractivity contribution in [3.8, 4) is 5.75 Å². The molecule has 0 amide bonds. The minimum Gasteiger partial charge on any atom is -0.478 e. The molecule has 2 aromatic rings. The van der Waals surface area contributed by atoms with Crippen LogP contribution in [0, 0.1) is 0 Å². The summed E-state index contributed by atoms with van der Waals surface area (Å²) < 4.78 is 6.18. The van der Waals surface area contributed by atoms with Crippen molar-refractivity contribution < 1.29 is 14.6 Å². The zero-order valence-electron chi connectivity index (χ0n) is 10.0. The molecule has 2 rings (SSSR count). The van der Waals surface area contributed by atoms with Crippen LogP contribution in [0.15, 0.2) is 46.9 Å². The van der Waals surface area contributed by atoms with Crippen molar-refractivity contribution in [1.82, 2.24) is 0 Å². The van der Waals surface area contributed by atoms with Gasteiger partial charge in [0.2, 0.25) is 6.10 Å². The predicted molar refractivity (Wildman–Crippen MR) is 81.6 cm³/mol. The van der Waals surface area contributed by atoms with Gasteiger partial charge in [0.05, 0.1) is 10.0 Å². The Morgan fingerprint density at radius 2 is 1.70 bits per heavy atom. The SMILES string of the molecule is O=C(O)C(Oc1c(Cl)cc(Br)cc1Cl)c1ccccc1. The van der Waals surface area contributed by atoms with Gasteiger partial charge < -0.3 is 9.84 Å². The third kappa shape index (κ3) is 3.45. The Kier molecular flexibility index (Phi) is 4.91. The van der Waals surface area contributed by atoms with Crippen LogP contribution < -0.4 is 4.74 Å². The van der Waals surface area contributed by atoms with Crippen molar-refractivity contribution in [2.75, 3.05) is 0 Å². The largest absolute Gasteiger partial charge is 0.478 e. The molecular formula is C14H9BrCl2O3. The molecule has 104 valence electrons. The molecule has 0 aliphatic heterocycles. The second-order valence-electron chi connectivity index (χ2n) is 3.95. The highest BCUT2D eigenvalue weighted by atomic mass is 79.9. The molecule has 0 fully saturated rings. The quantitative estimate of drug-likeness (QED) is 0.821. The van der Waals surface area contributed by atoms with Crippen LogP contribution in [0.2, 0.25) is 10.0 Å². The Bertz CT molecular complexity index is 609. The number of carboxylic acids is 1. The standard InChI is InChI=1S/C14H9BrCl2O3/c15-9-6-10(16)13(11(17)7-9)20-12(14(18)19)8-4-2-1-3-5-8/h1-7,12H,(H,18,19). The monoisotopic (exact) mass is 374 g/mol. The fourth-order valence-corrected chi connectivity index (χ4v) is 2.95. The highest BCUT2D eigenvalue weighted by Gasteiger charge is 2.24. The lowest BCUT2D eigenvalue weighted by Crippen LogP contribution is -2.18. The smallest absolute Gasteiger partial charge is 0.349 e. The van der Waals surface area contributed by atoms with E-state index in [0.717, 1.165) is 0 Å². The summed E-state index contributed by atoms with van der Waals surface area (Å²) in [6.45, 7) is 0. The van der Waals surface area contributed by atoms with Gasteiger partial charge in [-0.3, -0.25) is 0 Å². The lowest BCUT2D eigenvalue weighted by atomic mass is 10.1. The Hall–Kier alpha value is -1.23. The number of aliphatic carboxylic acids is 1. The second-order valence-corrected chi connectivity index (χ2v) is 5.68. The summed E-state index contributed by atoms with van der Waals surface area (Å²) in [6.07, 6.45) is -1.17. The average molecular weight is 376 g/mol. The normalized spacial score (nSPS) is 11.9. The van der Waals surface area contributed by atoms with Crippen LogP contribution in [0.3, 0.4) is 0 Å². The second kappa shape index (κ2) is 6.48. The van der Waals surface area contributed by atoms with Gasteiger partial charge in [-0.05, 0) is 12.1 Å². The zero-order valence-corrected chi connectivity index (χ0v) is 13.1. The number of halogens is 3. The lowest BCUT2D eigenvalue weighted by molar-refractivity contribution is -0.145. The summed E-state index contributed by atoms with van der Waals surface area (Å²) in [5.74, 6) is -0.973. The van der Waals surface area contributed by atoms with E-state index in [1.54, 1.807) is 42.5 Å². The van der Waals surface area contributed by atoms with Gasteiger partial charge in [-0.1, -0.05) is 69.5 Å². The van der Waals surface area contributed by atoms with Crippen LogP contribution in [0.4, 0.5) is 0 Å². The highest BCUT2D eigenvalue weighted by molar-refractivity contribution is 9.10. The first-order chi connectivity index (χ1) is 9.49. The van der Waals surface area contributed by atoms with Crippen molar-refractivity contribution in [2.24, 2.45) is 0 Å². The zero-order chi connectivity index (χ0) is 14.7. The number of rotatable bonds is 4. The van der Waals surface area contributed by atoms with Crippen molar-refractivity contribution >= 4 is 45.1 Å². The van der Waals surface area contributed by atoms with Crippen molar-refractivity contribution in [2.45, 2.75) is 6.10 Å². The van der Waals surface area contributed by atoms with E-state index in [1.807, 2.05) is 0 Å². The molecule has 2 aromatic carbocycles. The summed E-state index contributed by atoms with van der Waals surface area (Å²) in [7, 11) is 0. The van der Waals surface area contributed by atoms with Gasteiger partial charge in [0.1, 0.15) is 0 Å². The summed E-state index contributed by atoms with van der Waals surface area (Å²) in [5.41, 5.74) is 0.509. The molecule has 20 heavy (non-hydrogen) atoms. The molecule has 0 spiro atoms. The maximum Gasteiger partial charge on any atom is 0.349 e. The Morgan fingerprint density at radius 3 is 2.20 bits per heavy atom. The van der Waals surface area contributed by atoms with E-state index >= 15 is 0 Å². The third-order valence-electron chi connectivity index (χ3n) is 2.53. The van der Waals surface area contributed by atoms with Crippen LogP contribution in [0.5, 0.6) is 5.75 Å². The van der Waals surface area contributed by atoms with Gasteiger partial charge in [0.15, 0.2) is 5.75 Å². The van der Waals surface area contributed by atoms with Crippen LogP contribution >= 0.6 is 39.1 Å². The lowest BCUT2D eigenvalue weighted by Gasteiger charge is -2.17. The number of carboxylic acid groups (broad SMARTS) is 1. The maximum absolute atomic E-state index is 11.4. The van der Waals surface area contributed by atoms with Crippen LogP contribution in [-0.4, -0.2) is 11.1 Å². The third-order valence-corrected chi connectivity index (χ3v) is 3.54. The van der Waals surface area contributed by atoms with Crippen molar-refractivity contribution in [3.63, 3.8) is 0 Å². The van der Waals surface area contributed by atoms with Gasteiger partial charge in [-0.15, -0.1) is 0 Å². The molecule has 3 nitrogen and oxygen atoms in total. The molecule has 0 bridgehead atoms. The van der Waals surface area contributed by atoms with Crippen LogP contribution in [0.25, 0.3) is 0 Å². The van der Waals surface area contributed by atoms with E-state index in [0.29, 0.717) is 10.0 Å². The number of hydrogen-bond donors (Lipinski definition) is 1. The molecule has 0 aliphatic carbocycles. The van der Waals surface area contributed by atoms with Crippen molar-refractivity contribution in [1.29, 1.82) is 0 Å². The first-order valence-electron chi connectivity index (χ1n) is 5.58. The summed E-state index contributed by atoms with van der Waals surface area (Å²) in [6, 6.07) is 11.8. The fraction of sp³-hybridized carbons (Fsp3) is 0.0714. The Morgan fingerprint density at radius 1 is 1.15 bits per heavy atom. The number of hydrogen-bond acceptors (Lipinski definition) is 2. The van der Waals surface area contributed by atoms with Gasteiger partial charge in [0, 0.05) is 10.0 Å². The molecule has 0 radical (unpaired) electrons. The van der Waals surface area contributed by atoms with E-state index in [9.17, 15) is 9.90 Å². The van der Waals surface area contributed by atoms with Gasteiger partial charge in [-0.2, -0.15) is 0 Å². The molecule has 6 heteroatoms. The topological polar surface area (TPSA) is 46.5 Å². The molecule has 0 saturated heterocycles. The van der Waals surface area contributed by atoms with E-state index in [4.69, 9.17) is 27.9 Å². The first kappa shape index (κ1) is 15.2. The molecule has 0 aromatic heterocycles. The Balaban J connectivity index is 2.38. The molecule has 1 N–H and O–H groups in total. The molecule has 1 atom stereocenters. The number of ether oxygens (including phenoxy) is 1. The molecular weight excluding hydrogens is 367 g/mol. The van der Waals surface area contributed by atoms with Gasteiger partial charge >= 0.3 is 5.97 Å². The van der Waals surface area contributed by atoms with Crippen molar-refractivity contribution in [3.05, 3.63) is 62.5 Å². The van der Waals surface area contributed by atoms with Crippen LogP contribution in [-0.2, 0) is 4.79 Å². The molecule has 0 heterocycles. The Labute approximate surface area is 134 Å². The molecule has 0 aliphatic rings. The minimum atomic E-state index is -1.17. The highest BCUT2D eigenvalue weighted by Crippen LogP contribution is 2.38. The average Bonchev–Trinajstić information content (AvgIpc) is 2.38. The van der Waals surface area contributed by atoms with E-state index in [-0.39, 0.29) is 15.8 Å². The predicted octanol–water partition coefficient (Wildman–Crippen LogP) is 4.96. The summed E-state index contributed by atoms with van der Waals surface area (Å²) in [5, 5.41) is 9.79. The van der Waals surface area contributed by atoms with E-state index in [1.165, 1.54) is 0 Å². The van der Waals surface area contributed by atoms with E-state index < -0.39 is 12.1 Å². The molecule has 0 saturated carbocycles. The van der Waals surface area contributed by atoms with Gasteiger partial charge in [0.25, 0.3) is 0 Å². The maximum atomic E-state index is 11.4. The first-order valence-corrected chi connectivity index (χ1v) is 7.13. The molecule has 1 unspecified atom stereocenters. The van der Waals surface area contributed by atoms with E-state index in [2.05, 4.69) is 15.9 Å². The number of carbonyl (C=O) groups is 1. The number of benzene rings is 2. The fourth-order valence-electron chi connectivity index (χ4n) is 1.65. The minimum absolute atomic E-state index is 0.146.